The number of nitrogens with one attached hydrogen (secondary N) is 2. The zero-order chi connectivity index (χ0) is 24.9. The van der Waals surface area contributed by atoms with Crippen molar-refractivity contribution in [1.82, 2.24) is 19.8 Å². The number of anilines is 3. The van der Waals surface area contributed by atoms with Crippen molar-refractivity contribution in [3.05, 3.63) is 29.5 Å². The van der Waals surface area contributed by atoms with Gasteiger partial charge in [0.15, 0.2) is 11.5 Å². The van der Waals surface area contributed by atoms with Crippen molar-refractivity contribution in [2.45, 2.75) is 71.4 Å². The van der Waals surface area contributed by atoms with E-state index in [0.29, 0.717) is 31.2 Å². The van der Waals surface area contributed by atoms with E-state index in [1.54, 1.807) is 0 Å². The van der Waals surface area contributed by atoms with Crippen LogP contribution in [0.1, 0.15) is 57.2 Å². The Balaban J connectivity index is 1.22. The summed E-state index contributed by atoms with van der Waals surface area (Å²) in [7, 11) is 0. The first-order valence-electron chi connectivity index (χ1n) is 13.8. The van der Waals surface area contributed by atoms with E-state index in [2.05, 4.69) is 45.3 Å². The van der Waals surface area contributed by atoms with Crippen LogP contribution in [-0.2, 0) is 6.42 Å². The molecule has 0 radical (unpaired) electrons. The minimum absolute atomic E-state index is 0.444. The minimum atomic E-state index is 0.444. The van der Waals surface area contributed by atoms with Gasteiger partial charge in [-0.25, -0.2) is 4.98 Å². The summed E-state index contributed by atoms with van der Waals surface area (Å²) in [6.45, 7) is 13.8. The number of rotatable bonds is 10. The summed E-state index contributed by atoms with van der Waals surface area (Å²) in [5.74, 6) is 3.20. The fourth-order valence-electron chi connectivity index (χ4n) is 5.53. The van der Waals surface area contributed by atoms with Gasteiger partial charge in [0.25, 0.3) is 0 Å². The van der Waals surface area contributed by atoms with Crippen LogP contribution in [0.2, 0.25) is 0 Å². The van der Waals surface area contributed by atoms with Crippen molar-refractivity contribution >= 4 is 17.5 Å². The van der Waals surface area contributed by atoms with Gasteiger partial charge in [0, 0.05) is 67.2 Å². The summed E-state index contributed by atoms with van der Waals surface area (Å²) in [4.78, 5) is 14.5. The molecule has 0 atom stereocenters. The average molecular weight is 495 g/mol. The van der Waals surface area contributed by atoms with Crippen LogP contribution >= 0.6 is 0 Å². The van der Waals surface area contributed by atoms with Gasteiger partial charge in [-0.15, -0.1) is 0 Å². The van der Waals surface area contributed by atoms with Crippen molar-refractivity contribution in [3.8, 4) is 11.5 Å². The molecule has 1 aromatic carbocycles. The Bertz CT molecular complexity index is 1020. The molecular weight excluding hydrogens is 452 g/mol. The first kappa shape index (κ1) is 25.1. The van der Waals surface area contributed by atoms with Gasteiger partial charge < -0.3 is 29.9 Å². The van der Waals surface area contributed by atoms with Crippen LogP contribution in [0, 0.1) is 6.92 Å². The third kappa shape index (κ3) is 6.40. The van der Waals surface area contributed by atoms with E-state index in [4.69, 9.17) is 14.5 Å². The maximum Gasteiger partial charge on any atom is 0.229 e. The third-order valence-electron chi connectivity index (χ3n) is 7.55. The highest BCUT2D eigenvalue weighted by molar-refractivity contribution is 5.64. The third-order valence-corrected chi connectivity index (χ3v) is 7.55. The van der Waals surface area contributed by atoms with Crippen LogP contribution in [0.4, 0.5) is 17.5 Å². The normalized spacial score (nSPS) is 18.9. The maximum absolute atomic E-state index is 6.21. The van der Waals surface area contributed by atoms with Crippen molar-refractivity contribution in [2.24, 2.45) is 0 Å². The van der Waals surface area contributed by atoms with E-state index in [-0.39, 0.29) is 0 Å². The summed E-state index contributed by atoms with van der Waals surface area (Å²) in [5.41, 5.74) is 3.06. The molecule has 2 aromatic rings. The van der Waals surface area contributed by atoms with Crippen molar-refractivity contribution < 1.29 is 9.47 Å². The predicted octanol–water partition coefficient (Wildman–Crippen LogP) is 4.61. The quantitative estimate of drug-likeness (QED) is 0.464. The molecule has 0 spiro atoms. The van der Waals surface area contributed by atoms with Gasteiger partial charge in [-0.05, 0) is 72.0 Å². The first-order chi connectivity index (χ1) is 17.5. The van der Waals surface area contributed by atoms with E-state index in [1.807, 2.05) is 19.1 Å². The van der Waals surface area contributed by atoms with Crippen molar-refractivity contribution in [2.75, 3.05) is 56.6 Å². The molecule has 1 aromatic heterocycles. The Morgan fingerprint density at radius 1 is 1.08 bits per heavy atom. The second-order valence-electron chi connectivity index (χ2n) is 10.7. The molecule has 0 amide bonds. The molecule has 8 nitrogen and oxygen atoms in total. The fraction of sp³-hybridized carbons (Fsp3) is 0.643. The summed E-state index contributed by atoms with van der Waals surface area (Å²) in [6, 6.07) is 7.26. The van der Waals surface area contributed by atoms with Crippen LogP contribution in [-0.4, -0.2) is 77.8 Å². The van der Waals surface area contributed by atoms with E-state index >= 15 is 0 Å². The standard InChI is InChI=1S/C28H42N6O2/c1-20(2)34-13-7-23(8-14-34)30-26-17-21(3)29-28(32-26)31-24-18-22-9-16-36-27(22)25(19-24)35-15-6-12-33-10-4-5-11-33/h17-20,23H,4-16H2,1-3H3,(H2,29,30,31,32). The molecule has 2 fully saturated rings. The minimum Gasteiger partial charge on any atom is -0.490 e. The van der Waals surface area contributed by atoms with Gasteiger partial charge in [0.2, 0.25) is 5.95 Å². The Morgan fingerprint density at radius 2 is 1.89 bits per heavy atom. The van der Waals surface area contributed by atoms with E-state index in [1.165, 1.54) is 31.5 Å². The number of likely N-dealkylation sites (tertiary alicyclic amines) is 2. The molecule has 0 bridgehead atoms. The van der Waals surface area contributed by atoms with Gasteiger partial charge in [-0.1, -0.05) is 0 Å². The zero-order valence-corrected chi connectivity index (χ0v) is 22.2. The van der Waals surface area contributed by atoms with Crippen LogP contribution in [0.3, 0.4) is 0 Å². The number of aromatic nitrogens is 2. The van der Waals surface area contributed by atoms with Crippen LogP contribution in [0.5, 0.6) is 11.5 Å². The number of benzene rings is 1. The molecule has 2 saturated heterocycles. The first-order valence-corrected chi connectivity index (χ1v) is 13.8. The van der Waals surface area contributed by atoms with Gasteiger partial charge in [0.1, 0.15) is 5.82 Å². The molecule has 196 valence electrons. The molecule has 8 heteroatoms. The molecule has 0 saturated carbocycles. The molecular formula is C28H42N6O2. The molecule has 4 heterocycles. The smallest absolute Gasteiger partial charge is 0.229 e. The monoisotopic (exact) mass is 494 g/mol. The molecule has 5 rings (SSSR count). The number of ether oxygens (including phenoxy) is 2. The Morgan fingerprint density at radius 3 is 2.67 bits per heavy atom. The number of nitrogens with zero attached hydrogens (tertiary/aromatic N) is 4. The molecule has 2 N–H and O–H groups in total. The summed E-state index contributed by atoms with van der Waals surface area (Å²) >= 11 is 0. The highest BCUT2D eigenvalue weighted by atomic mass is 16.5. The summed E-state index contributed by atoms with van der Waals surface area (Å²) < 4.78 is 12.1. The second kappa shape index (κ2) is 11.6. The fourth-order valence-corrected chi connectivity index (χ4v) is 5.53. The SMILES string of the molecule is Cc1cc(NC2CCN(C(C)C)CC2)nc(Nc2cc3c(c(OCCCN4CCCC4)c2)OCC3)n1. The number of hydrogen-bond acceptors (Lipinski definition) is 8. The molecule has 3 aliphatic heterocycles. The second-order valence-corrected chi connectivity index (χ2v) is 10.7. The summed E-state index contributed by atoms with van der Waals surface area (Å²) in [5, 5.41) is 7.09. The molecule has 0 unspecified atom stereocenters. The Labute approximate surface area is 215 Å². The average Bonchev–Trinajstić information content (AvgIpc) is 3.54. The number of piperidine rings is 1. The molecule has 3 aliphatic rings. The van der Waals surface area contributed by atoms with E-state index in [0.717, 1.165) is 74.0 Å². The van der Waals surface area contributed by atoms with Crippen molar-refractivity contribution in [3.63, 3.8) is 0 Å². The maximum atomic E-state index is 6.21. The van der Waals surface area contributed by atoms with Gasteiger partial charge in [0.05, 0.1) is 13.2 Å². The van der Waals surface area contributed by atoms with Crippen LogP contribution in [0.25, 0.3) is 0 Å². The zero-order valence-electron chi connectivity index (χ0n) is 22.2. The molecule has 36 heavy (non-hydrogen) atoms. The lowest BCUT2D eigenvalue weighted by molar-refractivity contribution is 0.177. The van der Waals surface area contributed by atoms with Crippen molar-refractivity contribution in [1.29, 1.82) is 0 Å². The lowest BCUT2D eigenvalue weighted by Gasteiger charge is -2.35. The van der Waals surface area contributed by atoms with Gasteiger partial charge in [-0.3, -0.25) is 0 Å². The Kier molecular flexibility index (Phi) is 8.12. The number of fused-ring (bicyclic) bond motifs is 1. The van der Waals surface area contributed by atoms with E-state index in [9.17, 15) is 0 Å². The Hall–Kier alpha value is -2.58. The topological polar surface area (TPSA) is 74.8 Å². The predicted molar refractivity (Wildman–Crippen MR) is 145 cm³/mol. The largest absolute Gasteiger partial charge is 0.490 e. The summed E-state index contributed by atoms with van der Waals surface area (Å²) in [6.07, 6.45) is 6.84. The lowest BCUT2D eigenvalue weighted by Crippen LogP contribution is -2.42. The van der Waals surface area contributed by atoms with E-state index < -0.39 is 0 Å². The number of aryl methyl sites for hydroxylation is 1. The van der Waals surface area contributed by atoms with Crippen LogP contribution in [0.15, 0.2) is 18.2 Å². The van der Waals surface area contributed by atoms with Gasteiger partial charge in [-0.2, -0.15) is 4.98 Å². The van der Waals surface area contributed by atoms with Gasteiger partial charge >= 0.3 is 0 Å². The highest BCUT2D eigenvalue weighted by Crippen LogP contribution is 2.39. The number of hydrogen-bond donors (Lipinski definition) is 2. The van der Waals surface area contributed by atoms with Crippen LogP contribution < -0.4 is 20.1 Å². The highest BCUT2D eigenvalue weighted by Gasteiger charge is 2.22. The molecule has 0 aliphatic carbocycles. The lowest BCUT2D eigenvalue weighted by atomic mass is 10.0.